The molecule has 1 amide bonds. The first-order chi connectivity index (χ1) is 14.2. The minimum Gasteiger partial charge on any atom is -0.497 e. The van der Waals surface area contributed by atoms with Crippen LogP contribution in [-0.2, 0) is 18.0 Å². The van der Waals surface area contributed by atoms with Gasteiger partial charge in [-0.05, 0) is 42.8 Å². The summed E-state index contributed by atoms with van der Waals surface area (Å²) in [6.07, 6.45) is 0. The molecular weight excluding hydrogens is 366 g/mol. The van der Waals surface area contributed by atoms with Crippen molar-refractivity contribution in [3.63, 3.8) is 0 Å². The Morgan fingerprint density at radius 1 is 0.931 bits per heavy atom. The summed E-state index contributed by atoms with van der Waals surface area (Å²) in [7, 11) is 1.59. The van der Waals surface area contributed by atoms with E-state index in [1.165, 1.54) is 0 Å². The highest BCUT2D eigenvalue weighted by atomic mass is 16.5. The fourth-order valence-electron chi connectivity index (χ4n) is 2.89. The van der Waals surface area contributed by atoms with Crippen LogP contribution in [0, 0.1) is 0 Å². The van der Waals surface area contributed by atoms with Crippen molar-refractivity contribution in [1.29, 1.82) is 0 Å². The Morgan fingerprint density at radius 3 is 2.52 bits per heavy atom. The molecule has 0 aliphatic rings. The van der Waals surface area contributed by atoms with E-state index in [-0.39, 0.29) is 5.91 Å². The van der Waals surface area contributed by atoms with E-state index in [4.69, 9.17) is 14.2 Å². The Balaban J connectivity index is 1.71. The number of amides is 1. The Morgan fingerprint density at radius 2 is 1.76 bits per heavy atom. The van der Waals surface area contributed by atoms with Crippen LogP contribution in [-0.4, -0.2) is 19.6 Å². The lowest BCUT2D eigenvalue weighted by molar-refractivity contribution is 0.101. The minimum atomic E-state index is -0.203. The quantitative estimate of drug-likeness (QED) is 0.554. The number of hydrogen-bond donors (Lipinski definition) is 1. The second-order valence-corrected chi connectivity index (χ2v) is 6.42. The topological polar surface area (TPSA) is 56.8 Å². The van der Waals surface area contributed by atoms with Gasteiger partial charge in [-0.25, -0.2) is 0 Å². The standard InChI is InChI=1S/C24H25NO4/c1-3-29-23-13-12-19(24(26)25-21-10-7-11-22(15-21)27-2)14-20(23)17-28-16-18-8-5-4-6-9-18/h4-15H,3,16-17H2,1-2H3,(H,25,26). The lowest BCUT2D eigenvalue weighted by atomic mass is 10.1. The average Bonchev–Trinajstić information content (AvgIpc) is 2.76. The van der Waals surface area contributed by atoms with Crippen LogP contribution in [0.5, 0.6) is 11.5 Å². The molecule has 0 radical (unpaired) electrons. The average molecular weight is 391 g/mol. The third-order valence-electron chi connectivity index (χ3n) is 4.32. The molecule has 3 rings (SSSR count). The lowest BCUT2D eigenvalue weighted by Gasteiger charge is -2.13. The smallest absolute Gasteiger partial charge is 0.255 e. The molecule has 0 unspecified atom stereocenters. The zero-order chi connectivity index (χ0) is 20.5. The zero-order valence-corrected chi connectivity index (χ0v) is 16.7. The monoisotopic (exact) mass is 391 g/mol. The molecule has 0 atom stereocenters. The van der Waals surface area contributed by atoms with Gasteiger partial charge >= 0.3 is 0 Å². The number of rotatable bonds is 9. The number of methoxy groups -OCH3 is 1. The fraction of sp³-hybridized carbons (Fsp3) is 0.208. The van der Waals surface area contributed by atoms with Crippen LogP contribution >= 0.6 is 0 Å². The van der Waals surface area contributed by atoms with Gasteiger partial charge in [0.05, 0.1) is 26.9 Å². The van der Waals surface area contributed by atoms with Crippen molar-refractivity contribution in [3.05, 3.63) is 89.5 Å². The van der Waals surface area contributed by atoms with Gasteiger partial charge < -0.3 is 19.5 Å². The van der Waals surface area contributed by atoms with Crippen LogP contribution < -0.4 is 14.8 Å². The molecule has 5 nitrogen and oxygen atoms in total. The first-order valence-electron chi connectivity index (χ1n) is 9.52. The van der Waals surface area contributed by atoms with Crippen molar-refractivity contribution in [1.82, 2.24) is 0 Å². The maximum Gasteiger partial charge on any atom is 0.255 e. The highest BCUT2D eigenvalue weighted by Gasteiger charge is 2.12. The Bertz CT molecular complexity index is 941. The fourth-order valence-corrected chi connectivity index (χ4v) is 2.89. The highest BCUT2D eigenvalue weighted by Crippen LogP contribution is 2.23. The Labute approximate surface area is 171 Å². The van der Waals surface area contributed by atoms with Crippen LogP contribution in [0.15, 0.2) is 72.8 Å². The second kappa shape index (κ2) is 10.3. The summed E-state index contributed by atoms with van der Waals surface area (Å²) in [5, 5.41) is 2.89. The van der Waals surface area contributed by atoms with E-state index in [1.54, 1.807) is 19.2 Å². The molecule has 1 N–H and O–H groups in total. The molecule has 0 aromatic heterocycles. The molecule has 3 aromatic carbocycles. The molecule has 0 spiro atoms. The molecule has 0 aliphatic heterocycles. The zero-order valence-electron chi connectivity index (χ0n) is 16.7. The van der Waals surface area contributed by atoms with E-state index in [9.17, 15) is 4.79 Å². The largest absolute Gasteiger partial charge is 0.497 e. The summed E-state index contributed by atoms with van der Waals surface area (Å²) in [5.41, 5.74) is 3.14. The van der Waals surface area contributed by atoms with E-state index < -0.39 is 0 Å². The van der Waals surface area contributed by atoms with Gasteiger partial charge in [-0.1, -0.05) is 36.4 Å². The van der Waals surface area contributed by atoms with Gasteiger partial charge in [-0.15, -0.1) is 0 Å². The number of ether oxygens (including phenoxy) is 3. The maximum atomic E-state index is 12.7. The highest BCUT2D eigenvalue weighted by molar-refractivity contribution is 6.04. The first kappa shape index (κ1) is 20.4. The van der Waals surface area contributed by atoms with Crippen molar-refractivity contribution in [2.75, 3.05) is 19.0 Å². The number of benzene rings is 3. The molecule has 0 saturated carbocycles. The summed E-state index contributed by atoms with van der Waals surface area (Å²) < 4.78 is 16.7. The predicted molar refractivity (Wildman–Crippen MR) is 113 cm³/mol. The van der Waals surface area contributed by atoms with Gasteiger partial charge in [0.25, 0.3) is 5.91 Å². The molecular formula is C24H25NO4. The van der Waals surface area contributed by atoms with Crippen molar-refractivity contribution in [3.8, 4) is 11.5 Å². The number of anilines is 1. The Hall–Kier alpha value is -3.31. The maximum absolute atomic E-state index is 12.7. The third kappa shape index (κ3) is 5.83. The van der Waals surface area contributed by atoms with Gasteiger partial charge in [0, 0.05) is 22.9 Å². The van der Waals surface area contributed by atoms with Crippen LogP contribution in [0.1, 0.15) is 28.4 Å². The van der Waals surface area contributed by atoms with Gasteiger partial charge in [0.15, 0.2) is 0 Å². The lowest BCUT2D eigenvalue weighted by Crippen LogP contribution is -2.13. The van der Waals surface area contributed by atoms with E-state index in [1.807, 2.05) is 67.6 Å². The molecule has 0 aliphatic carbocycles. The summed E-state index contributed by atoms with van der Waals surface area (Å²) >= 11 is 0. The van der Waals surface area contributed by atoms with E-state index >= 15 is 0 Å². The molecule has 0 heterocycles. The van der Waals surface area contributed by atoms with Gasteiger partial charge in [0.2, 0.25) is 0 Å². The molecule has 3 aromatic rings. The SMILES string of the molecule is CCOc1ccc(C(=O)Nc2cccc(OC)c2)cc1COCc1ccccc1. The molecule has 0 saturated heterocycles. The van der Waals surface area contributed by atoms with Gasteiger partial charge in [-0.3, -0.25) is 4.79 Å². The number of carbonyl (C=O) groups is 1. The summed E-state index contributed by atoms with van der Waals surface area (Å²) in [5.74, 6) is 1.20. The molecule has 5 heteroatoms. The summed E-state index contributed by atoms with van der Waals surface area (Å²) in [6.45, 7) is 3.32. The van der Waals surface area contributed by atoms with Gasteiger partial charge in [-0.2, -0.15) is 0 Å². The summed E-state index contributed by atoms with van der Waals surface area (Å²) in [4.78, 5) is 12.7. The molecule has 29 heavy (non-hydrogen) atoms. The van der Waals surface area contributed by atoms with E-state index in [2.05, 4.69) is 5.32 Å². The normalized spacial score (nSPS) is 10.4. The minimum absolute atomic E-state index is 0.203. The van der Waals surface area contributed by atoms with Crippen LogP contribution in [0.2, 0.25) is 0 Å². The molecule has 0 fully saturated rings. The number of carbonyl (C=O) groups excluding carboxylic acids is 1. The molecule has 150 valence electrons. The first-order valence-corrected chi connectivity index (χ1v) is 9.52. The summed E-state index contributed by atoms with van der Waals surface area (Å²) in [6, 6.07) is 22.6. The molecule has 0 bridgehead atoms. The second-order valence-electron chi connectivity index (χ2n) is 6.42. The van der Waals surface area contributed by atoms with E-state index in [0.29, 0.717) is 36.8 Å². The van der Waals surface area contributed by atoms with Crippen molar-refractivity contribution in [2.45, 2.75) is 20.1 Å². The van der Waals surface area contributed by atoms with Crippen LogP contribution in [0.3, 0.4) is 0 Å². The van der Waals surface area contributed by atoms with Gasteiger partial charge in [0.1, 0.15) is 11.5 Å². The Kier molecular flexibility index (Phi) is 7.25. The predicted octanol–water partition coefficient (Wildman–Crippen LogP) is 5.06. The van der Waals surface area contributed by atoms with Crippen LogP contribution in [0.25, 0.3) is 0 Å². The number of hydrogen-bond acceptors (Lipinski definition) is 4. The third-order valence-corrected chi connectivity index (χ3v) is 4.32. The van der Waals surface area contributed by atoms with Crippen molar-refractivity contribution < 1.29 is 19.0 Å². The van der Waals surface area contributed by atoms with Crippen molar-refractivity contribution >= 4 is 11.6 Å². The van der Waals surface area contributed by atoms with Crippen molar-refractivity contribution in [2.24, 2.45) is 0 Å². The number of nitrogens with one attached hydrogen (secondary N) is 1. The van der Waals surface area contributed by atoms with Crippen LogP contribution in [0.4, 0.5) is 5.69 Å². The van der Waals surface area contributed by atoms with E-state index in [0.717, 1.165) is 16.9 Å².